The van der Waals surface area contributed by atoms with Gasteiger partial charge in [-0.25, -0.2) is 0 Å². The molecule has 0 unspecified atom stereocenters. The summed E-state index contributed by atoms with van der Waals surface area (Å²) in [7, 11) is 4.92. The smallest absolute Gasteiger partial charge is 0.162 e. The first kappa shape index (κ1) is 20.5. The maximum atomic E-state index is 6.06. The molecule has 5 nitrogen and oxygen atoms in total. The Kier molecular flexibility index (Phi) is 6.22. The van der Waals surface area contributed by atoms with Crippen LogP contribution in [0.15, 0.2) is 72.9 Å². The second-order valence-corrected chi connectivity index (χ2v) is 7.12. The zero-order valence-corrected chi connectivity index (χ0v) is 17.9. The van der Waals surface area contributed by atoms with E-state index in [1.807, 2.05) is 72.9 Å². The molecule has 0 N–H and O–H groups in total. The molecular weight excluding hydrogens is 390 g/mol. The fourth-order valence-corrected chi connectivity index (χ4v) is 3.57. The van der Waals surface area contributed by atoms with Crippen molar-refractivity contribution in [1.29, 1.82) is 0 Å². The van der Waals surface area contributed by atoms with E-state index in [1.165, 1.54) is 0 Å². The fraction of sp³-hybridized carbons (Fsp3) is 0.192. The van der Waals surface area contributed by atoms with Gasteiger partial charge in [0.25, 0.3) is 0 Å². The number of hydrogen-bond acceptors (Lipinski definition) is 5. The van der Waals surface area contributed by atoms with Crippen LogP contribution in [0.2, 0.25) is 0 Å². The van der Waals surface area contributed by atoms with Gasteiger partial charge in [0, 0.05) is 18.0 Å². The molecule has 1 aromatic heterocycles. The summed E-state index contributed by atoms with van der Waals surface area (Å²) in [5, 5.41) is 2.08. The van der Waals surface area contributed by atoms with Crippen LogP contribution in [-0.2, 0) is 13.0 Å². The lowest BCUT2D eigenvalue weighted by molar-refractivity contribution is 0.285. The monoisotopic (exact) mass is 415 g/mol. The van der Waals surface area contributed by atoms with Crippen molar-refractivity contribution in [2.24, 2.45) is 0 Å². The van der Waals surface area contributed by atoms with Crippen molar-refractivity contribution in [2.75, 3.05) is 21.3 Å². The van der Waals surface area contributed by atoms with E-state index in [0.717, 1.165) is 27.6 Å². The molecule has 158 valence electrons. The van der Waals surface area contributed by atoms with Gasteiger partial charge in [-0.3, -0.25) is 4.98 Å². The zero-order valence-electron chi connectivity index (χ0n) is 17.9. The molecule has 4 rings (SSSR count). The minimum Gasteiger partial charge on any atom is -0.493 e. The Bertz CT molecular complexity index is 1170. The number of benzene rings is 3. The Hall–Kier alpha value is -3.73. The number of methoxy groups -OCH3 is 3. The van der Waals surface area contributed by atoms with E-state index in [-0.39, 0.29) is 0 Å². The van der Waals surface area contributed by atoms with Crippen LogP contribution in [0.1, 0.15) is 16.8 Å². The van der Waals surface area contributed by atoms with Gasteiger partial charge in [-0.05, 0) is 46.8 Å². The predicted molar refractivity (Wildman–Crippen MR) is 121 cm³/mol. The summed E-state index contributed by atoms with van der Waals surface area (Å²) in [5.41, 5.74) is 3.15. The molecule has 5 heteroatoms. The third-order valence-corrected chi connectivity index (χ3v) is 5.19. The van der Waals surface area contributed by atoms with Gasteiger partial charge in [0.2, 0.25) is 0 Å². The van der Waals surface area contributed by atoms with Crippen molar-refractivity contribution >= 4 is 10.8 Å². The van der Waals surface area contributed by atoms with Gasteiger partial charge in [0.15, 0.2) is 23.0 Å². The van der Waals surface area contributed by atoms with Crippen LogP contribution >= 0.6 is 0 Å². The van der Waals surface area contributed by atoms with Crippen LogP contribution in [0.5, 0.6) is 23.0 Å². The van der Waals surface area contributed by atoms with Crippen molar-refractivity contribution in [3.8, 4) is 23.0 Å². The highest BCUT2D eigenvalue weighted by Gasteiger charge is 2.12. The molecule has 0 saturated carbocycles. The maximum absolute atomic E-state index is 6.06. The van der Waals surface area contributed by atoms with Crippen LogP contribution < -0.4 is 18.9 Å². The summed E-state index contributed by atoms with van der Waals surface area (Å²) >= 11 is 0. The highest BCUT2D eigenvalue weighted by molar-refractivity contribution is 5.88. The third kappa shape index (κ3) is 4.56. The second kappa shape index (κ2) is 9.39. The Labute approximate surface area is 182 Å². The SMILES string of the molecule is COc1ccc(Cc2nccc3cc(OCc4ccccc4)c(OC)cc23)cc1OC. The molecule has 0 atom stereocenters. The number of hydrogen-bond donors (Lipinski definition) is 0. The van der Waals surface area contributed by atoms with E-state index in [2.05, 4.69) is 4.98 Å². The van der Waals surface area contributed by atoms with Gasteiger partial charge < -0.3 is 18.9 Å². The molecule has 0 aliphatic rings. The average Bonchev–Trinajstić information content (AvgIpc) is 2.83. The van der Waals surface area contributed by atoms with Crippen molar-refractivity contribution in [3.05, 3.63) is 89.7 Å². The number of rotatable bonds is 8. The van der Waals surface area contributed by atoms with Crippen molar-refractivity contribution < 1.29 is 18.9 Å². The van der Waals surface area contributed by atoms with Crippen molar-refractivity contribution in [1.82, 2.24) is 4.98 Å². The van der Waals surface area contributed by atoms with E-state index in [0.29, 0.717) is 36.0 Å². The molecule has 0 aliphatic heterocycles. The van der Waals surface area contributed by atoms with Gasteiger partial charge in [0.1, 0.15) is 6.61 Å². The first-order chi connectivity index (χ1) is 15.2. The van der Waals surface area contributed by atoms with Crippen LogP contribution in [0.25, 0.3) is 10.8 Å². The van der Waals surface area contributed by atoms with E-state index in [4.69, 9.17) is 18.9 Å². The van der Waals surface area contributed by atoms with Gasteiger partial charge >= 0.3 is 0 Å². The Balaban J connectivity index is 1.65. The van der Waals surface area contributed by atoms with Crippen LogP contribution in [0.4, 0.5) is 0 Å². The lowest BCUT2D eigenvalue weighted by Gasteiger charge is -2.14. The maximum Gasteiger partial charge on any atom is 0.162 e. The van der Waals surface area contributed by atoms with Crippen molar-refractivity contribution in [2.45, 2.75) is 13.0 Å². The van der Waals surface area contributed by atoms with E-state index >= 15 is 0 Å². The molecule has 0 bridgehead atoms. The number of nitrogens with zero attached hydrogens (tertiary/aromatic N) is 1. The predicted octanol–water partition coefficient (Wildman–Crippen LogP) is 5.43. The molecule has 0 spiro atoms. The summed E-state index contributed by atoms with van der Waals surface area (Å²) in [4.78, 5) is 4.63. The van der Waals surface area contributed by atoms with Gasteiger partial charge in [-0.2, -0.15) is 0 Å². The van der Waals surface area contributed by atoms with Crippen LogP contribution in [0, 0.1) is 0 Å². The molecule has 3 aromatic carbocycles. The van der Waals surface area contributed by atoms with Gasteiger partial charge in [-0.15, -0.1) is 0 Å². The summed E-state index contributed by atoms with van der Waals surface area (Å²) in [6.45, 7) is 0.478. The van der Waals surface area contributed by atoms with Gasteiger partial charge in [-0.1, -0.05) is 36.4 Å². The number of ether oxygens (including phenoxy) is 4. The Morgan fingerprint density at radius 2 is 1.42 bits per heavy atom. The zero-order chi connectivity index (χ0) is 21.6. The summed E-state index contributed by atoms with van der Waals surface area (Å²) in [6, 6.07) is 22.0. The lowest BCUT2D eigenvalue weighted by atomic mass is 10.0. The molecule has 0 fully saturated rings. The molecule has 4 aromatic rings. The quantitative estimate of drug-likeness (QED) is 0.384. The van der Waals surface area contributed by atoms with E-state index in [1.54, 1.807) is 21.3 Å². The molecule has 0 radical (unpaired) electrons. The molecule has 1 heterocycles. The fourth-order valence-electron chi connectivity index (χ4n) is 3.57. The number of pyridine rings is 1. The molecule has 0 saturated heterocycles. The Morgan fingerprint density at radius 1 is 0.677 bits per heavy atom. The molecule has 0 aliphatic carbocycles. The van der Waals surface area contributed by atoms with Crippen LogP contribution in [-0.4, -0.2) is 26.3 Å². The molecule has 31 heavy (non-hydrogen) atoms. The highest BCUT2D eigenvalue weighted by atomic mass is 16.5. The van der Waals surface area contributed by atoms with E-state index in [9.17, 15) is 0 Å². The molecule has 0 amide bonds. The standard InChI is InChI=1S/C26H25NO4/c1-28-23-10-9-19(14-24(23)29-2)13-22-21-16-25(30-3)26(15-20(21)11-12-27-22)31-17-18-7-5-4-6-8-18/h4-12,14-16H,13,17H2,1-3H3. The highest BCUT2D eigenvalue weighted by Crippen LogP contribution is 2.35. The topological polar surface area (TPSA) is 49.8 Å². The minimum absolute atomic E-state index is 0.478. The first-order valence-corrected chi connectivity index (χ1v) is 10.0. The molecular formula is C26H25NO4. The minimum atomic E-state index is 0.478. The number of fused-ring (bicyclic) bond motifs is 1. The average molecular weight is 415 g/mol. The first-order valence-electron chi connectivity index (χ1n) is 10.0. The largest absolute Gasteiger partial charge is 0.493 e. The summed E-state index contributed by atoms with van der Waals surface area (Å²) in [5.74, 6) is 2.81. The second-order valence-electron chi connectivity index (χ2n) is 7.12. The number of aromatic nitrogens is 1. The summed E-state index contributed by atoms with van der Waals surface area (Å²) < 4.78 is 22.5. The van der Waals surface area contributed by atoms with Gasteiger partial charge in [0.05, 0.1) is 27.0 Å². The van der Waals surface area contributed by atoms with Crippen LogP contribution in [0.3, 0.4) is 0 Å². The Morgan fingerprint density at radius 3 is 2.16 bits per heavy atom. The van der Waals surface area contributed by atoms with E-state index < -0.39 is 0 Å². The van der Waals surface area contributed by atoms with Crippen molar-refractivity contribution in [3.63, 3.8) is 0 Å². The lowest BCUT2D eigenvalue weighted by Crippen LogP contribution is -2.00. The summed E-state index contributed by atoms with van der Waals surface area (Å²) in [6.07, 6.45) is 2.48. The normalized spacial score (nSPS) is 10.7. The third-order valence-electron chi connectivity index (χ3n) is 5.19.